The van der Waals surface area contributed by atoms with Gasteiger partial charge in [0.25, 0.3) is 5.91 Å². The van der Waals surface area contributed by atoms with Crippen LogP contribution in [0.1, 0.15) is 22.5 Å². The second-order valence-electron chi connectivity index (χ2n) is 4.98. The molecule has 2 rings (SSSR count). The molecule has 23 heavy (non-hydrogen) atoms. The fraction of sp³-hybridized carbons (Fsp3) is 0.375. The Hall–Kier alpha value is -2.02. The molecule has 1 N–H and O–H groups in total. The molecule has 0 bridgehead atoms. The molecular weight excluding hydrogens is 362 g/mol. The van der Waals surface area contributed by atoms with E-state index in [9.17, 15) is 4.79 Å². The second kappa shape index (κ2) is 8.01. The van der Waals surface area contributed by atoms with Gasteiger partial charge in [-0.15, -0.1) is 0 Å². The third-order valence-corrected chi connectivity index (χ3v) is 4.16. The molecule has 0 radical (unpaired) electrons. The van der Waals surface area contributed by atoms with Gasteiger partial charge in [-0.3, -0.25) is 9.48 Å². The molecule has 0 saturated heterocycles. The summed E-state index contributed by atoms with van der Waals surface area (Å²) >= 11 is 3.43. The Labute approximate surface area is 143 Å². The maximum Gasteiger partial charge on any atom is 0.255 e. The first-order valence-corrected chi connectivity index (χ1v) is 8.05. The van der Waals surface area contributed by atoms with Crippen molar-refractivity contribution < 1.29 is 14.3 Å². The smallest absolute Gasteiger partial charge is 0.255 e. The van der Waals surface area contributed by atoms with Crippen LogP contribution in [0.3, 0.4) is 0 Å². The number of carbonyl (C=O) groups excluding carboxylic acids is 1. The lowest BCUT2D eigenvalue weighted by Crippen LogP contribution is -2.25. The van der Waals surface area contributed by atoms with Crippen molar-refractivity contribution in [3.63, 3.8) is 0 Å². The van der Waals surface area contributed by atoms with Gasteiger partial charge in [-0.05, 0) is 41.4 Å². The lowest BCUT2D eigenvalue weighted by Gasteiger charge is -2.12. The first-order chi connectivity index (χ1) is 11.1. The van der Waals surface area contributed by atoms with E-state index in [-0.39, 0.29) is 5.91 Å². The standard InChI is InChI=1S/C16H20BrN3O3/c1-11-13(17)10-20(19-11)9-5-8-18-16(21)12-6-4-7-14(22-2)15(12)23-3/h4,6-7,10H,5,8-9H2,1-3H3,(H,18,21). The van der Waals surface area contributed by atoms with E-state index in [1.165, 1.54) is 7.11 Å². The van der Waals surface area contributed by atoms with Gasteiger partial charge in [0, 0.05) is 19.3 Å². The van der Waals surface area contributed by atoms with Crippen molar-refractivity contribution in [3.05, 3.63) is 40.1 Å². The van der Waals surface area contributed by atoms with Crippen LogP contribution in [0.4, 0.5) is 0 Å². The maximum atomic E-state index is 12.3. The predicted molar refractivity (Wildman–Crippen MR) is 91.2 cm³/mol. The van der Waals surface area contributed by atoms with Crippen molar-refractivity contribution in [2.75, 3.05) is 20.8 Å². The van der Waals surface area contributed by atoms with Gasteiger partial charge >= 0.3 is 0 Å². The molecule has 1 aromatic carbocycles. The van der Waals surface area contributed by atoms with Crippen molar-refractivity contribution in [3.8, 4) is 11.5 Å². The number of benzene rings is 1. The van der Waals surface area contributed by atoms with E-state index in [1.54, 1.807) is 25.3 Å². The zero-order valence-corrected chi connectivity index (χ0v) is 15.0. The highest BCUT2D eigenvalue weighted by atomic mass is 79.9. The van der Waals surface area contributed by atoms with Crippen LogP contribution in [0, 0.1) is 6.92 Å². The largest absolute Gasteiger partial charge is 0.493 e. The number of methoxy groups -OCH3 is 2. The number of hydrogen-bond donors (Lipinski definition) is 1. The molecule has 2 aromatic rings. The predicted octanol–water partition coefficient (Wildman–Crippen LogP) is 2.79. The average molecular weight is 382 g/mol. The van der Waals surface area contributed by atoms with Gasteiger partial charge in [-0.1, -0.05) is 6.07 Å². The van der Waals surface area contributed by atoms with Crippen molar-refractivity contribution in [2.24, 2.45) is 0 Å². The summed E-state index contributed by atoms with van der Waals surface area (Å²) in [5.74, 6) is 0.801. The summed E-state index contributed by atoms with van der Waals surface area (Å²) < 4.78 is 13.3. The topological polar surface area (TPSA) is 65.4 Å². The quantitative estimate of drug-likeness (QED) is 0.748. The molecule has 0 saturated carbocycles. The second-order valence-corrected chi connectivity index (χ2v) is 5.83. The number of hydrogen-bond acceptors (Lipinski definition) is 4. The number of rotatable bonds is 7. The van der Waals surface area contributed by atoms with Crippen LogP contribution in [0.5, 0.6) is 11.5 Å². The minimum absolute atomic E-state index is 0.182. The monoisotopic (exact) mass is 381 g/mol. The van der Waals surface area contributed by atoms with E-state index in [0.29, 0.717) is 23.6 Å². The van der Waals surface area contributed by atoms with Crippen LogP contribution in [-0.4, -0.2) is 36.5 Å². The minimum Gasteiger partial charge on any atom is -0.493 e. The molecule has 0 atom stereocenters. The fourth-order valence-corrected chi connectivity index (χ4v) is 2.53. The number of nitrogens with zero attached hydrogens (tertiary/aromatic N) is 2. The van der Waals surface area contributed by atoms with Crippen molar-refractivity contribution in [1.29, 1.82) is 0 Å². The lowest BCUT2D eigenvalue weighted by atomic mass is 10.1. The molecule has 0 fully saturated rings. The minimum atomic E-state index is -0.182. The van der Waals surface area contributed by atoms with Crippen molar-refractivity contribution >= 4 is 21.8 Å². The molecule has 1 heterocycles. The van der Waals surface area contributed by atoms with Crippen LogP contribution >= 0.6 is 15.9 Å². The van der Waals surface area contributed by atoms with Gasteiger partial charge in [-0.2, -0.15) is 5.10 Å². The Balaban J connectivity index is 1.90. The molecule has 6 nitrogen and oxygen atoms in total. The molecule has 0 aliphatic carbocycles. The van der Waals surface area contributed by atoms with Gasteiger partial charge < -0.3 is 14.8 Å². The van der Waals surface area contributed by atoms with Crippen LogP contribution in [0.25, 0.3) is 0 Å². The first-order valence-electron chi connectivity index (χ1n) is 7.25. The molecule has 0 aliphatic rings. The molecule has 124 valence electrons. The molecule has 0 spiro atoms. The van der Waals surface area contributed by atoms with Crippen molar-refractivity contribution in [2.45, 2.75) is 19.9 Å². The summed E-state index contributed by atoms with van der Waals surface area (Å²) in [6.45, 7) is 3.23. The number of aryl methyl sites for hydroxylation is 2. The molecule has 1 amide bonds. The Bertz CT molecular complexity index is 666. The highest BCUT2D eigenvalue weighted by Crippen LogP contribution is 2.30. The lowest BCUT2D eigenvalue weighted by molar-refractivity contribution is 0.0949. The highest BCUT2D eigenvalue weighted by molar-refractivity contribution is 9.10. The van der Waals surface area contributed by atoms with E-state index in [0.717, 1.165) is 23.1 Å². The summed E-state index contributed by atoms with van der Waals surface area (Å²) in [6, 6.07) is 5.23. The Kier molecular flexibility index (Phi) is 6.04. The average Bonchev–Trinajstić information content (AvgIpc) is 2.88. The summed E-state index contributed by atoms with van der Waals surface area (Å²) in [7, 11) is 3.07. The Morgan fingerprint density at radius 1 is 1.35 bits per heavy atom. The van der Waals surface area contributed by atoms with E-state index >= 15 is 0 Å². The van der Waals surface area contributed by atoms with Gasteiger partial charge in [0.15, 0.2) is 11.5 Å². The third-order valence-electron chi connectivity index (χ3n) is 3.38. The third kappa shape index (κ3) is 4.25. The van der Waals surface area contributed by atoms with Gasteiger partial charge in [-0.25, -0.2) is 0 Å². The number of nitrogens with one attached hydrogen (secondary N) is 1. The molecule has 0 aliphatic heterocycles. The normalized spacial score (nSPS) is 10.4. The van der Waals surface area contributed by atoms with E-state index in [1.807, 2.05) is 17.8 Å². The number of carbonyl (C=O) groups is 1. The Morgan fingerprint density at radius 3 is 2.74 bits per heavy atom. The van der Waals surface area contributed by atoms with Crippen LogP contribution in [-0.2, 0) is 6.54 Å². The molecule has 7 heteroatoms. The molecule has 0 unspecified atom stereocenters. The van der Waals surface area contributed by atoms with Crippen LogP contribution in [0.15, 0.2) is 28.9 Å². The highest BCUT2D eigenvalue weighted by Gasteiger charge is 2.15. The van der Waals surface area contributed by atoms with E-state index < -0.39 is 0 Å². The number of aromatic nitrogens is 2. The zero-order valence-electron chi connectivity index (χ0n) is 13.4. The maximum absolute atomic E-state index is 12.3. The SMILES string of the molecule is COc1cccc(C(=O)NCCCn2cc(Br)c(C)n2)c1OC. The summed E-state index contributed by atoms with van der Waals surface area (Å²) in [6.07, 6.45) is 2.72. The number of amides is 1. The van der Waals surface area contributed by atoms with Gasteiger partial charge in [0.05, 0.1) is 29.9 Å². The van der Waals surface area contributed by atoms with Crippen LogP contribution in [0.2, 0.25) is 0 Å². The van der Waals surface area contributed by atoms with Gasteiger partial charge in [0.1, 0.15) is 0 Å². The van der Waals surface area contributed by atoms with Crippen molar-refractivity contribution in [1.82, 2.24) is 15.1 Å². The Morgan fingerprint density at radius 2 is 2.13 bits per heavy atom. The summed E-state index contributed by atoms with van der Waals surface area (Å²) in [5, 5.41) is 7.24. The van der Waals surface area contributed by atoms with E-state index in [4.69, 9.17) is 9.47 Å². The number of halogens is 1. The molecule has 1 aromatic heterocycles. The van der Waals surface area contributed by atoms with Gasteiger partial charge in [0.2, 0.25) is 0 Å². The number of para-hydroxylation sites is 1. The van der Waals surface area contributed by atoms with Crippen LogP contribution < -0.4 is 14.8 Å². The molecular formula is C16H20BrN3O3. The summed E-state index contributed by atoms with van der Waals surface area (Å²) in [5.41, 5.74) is 1.42. The van der Waals surface area contributed by atoms with E-state index in [2.05, 4.69) is 26.3 Å². The fourth-order valence-electron chi connectivity index (χ4n) is 2.21. The summed E-state index contributed by atoms with van der Waals surface area (Å²) in [4.78, 5) is 12.3. The number of ether oxygens (including phenoxy) is 2. The zero-order chi connectivity index (χ0) is 16.8. The first kappa shape index (κ1) is 17.3.